The molecule has 0 amide bonds. The van der Waals surface area contributed by atoms with Gasteiger partial charge in [0.15, 0.2) is 0 Å². The minimum atomic E-state index is 0.375. The molecule has 2 aliphatic carbocycles. The van der Waals surface area contributed by atoms with Crippen molar-refractivity contribution in [2.24, 2.45) is 17.3 Å². The van der Waals surface area contributed by atoms with Crippen molar-refractivity contribution in [2.75, 3.05) is 6.61 Å². The van der Waals surface area contributed by atoms with Crippen molar-refractivity contribution in [3.8, 4) is 0 Å². The molecule has 0 aromatic rings. The second-order valence-electron chi connectivity index (χ2n) is 4.83. The Morgan fingerprint density at radius 1 is 1.25 bits per heavy atom. The molecule has 0 spiro atoms. The van der Waals surface area contributed by atoms with Crippen LogP contribution < -0.4 is 0 Å². The van der Waals surface area contributed by atoms with E-state index in [0.29, 0.717) is 12.0 Å². The Balaban J connectivity index is 1.97. The molecule has 0 aromatic heterocycles. The molecular weight excluding hydrogens is 148 g/mol. The predicted octanol–water partition coefficient (Wildman–Crippen LogP) is 2.59. The van der Waals surface area contributed by atoms with E-state index in [-0.39, 0.29) is 0 Å². The third-order valence-electron chi connectivity index (χ3n) is 4.22. The third-order valence-corrected chi connectivity index (χ3v) is 4.22. The topological polar surface area (TPSA) is 20.2 Å². The quantitative estimate of drug-likeness (QED) is 0.672. The molecule has 0 aromatic carbocycles. The van der Waals surface area contributed by atoms with Gasteiger partial charge in [0.1, 0.15) is 0 Å². The zero-order chi connectivity index (χ0) is 8.60. The second kappa shape index (κ2) is 3.02. The summed E-state index contributed by atoms with van der Waals surface area (Å²) in [6.45, 7) is 2.74. The minimum Gasteiger partial charge on any atom is -0.396 e. The highest BCUT2D eigenvalue weighted by molar-refractivity contribution is 5.04. The first-order chi connectivity index (χ1) is 5.79. The zero-order valence-electron chi connectivity index (χ0n) is 8.05. The molecule has 2 atom stereocenters. The van der Waals surface area contributed by atoms with Crippen molar-refractivity contribution >= 4 is 0 Å². The molecule has 2 saturated carbocycles. The van der Waals surface area contributed by atoms with Crippen molar-refractivity contribution < 1.29 is 5.11 Å². The lowest BCUT2D eigenvalue weighted by molar-refractivity contribution is 0.116. The van der Waals surface area contributed by atoms with Crippen LogP contribution in [0.3, 0.4) is 0 Å². The summed E-state index contributed by atoms with van der Waals surface area (Å²) in [6.07, 6.45) is 8.27. The first-order valence-electron chi connectivity index (χ1n) is 5.40. The van der Waals surface area contributed by atoms with Crippen LogP contribution in [0.5, 0.6) is 0 Å². The summed E-state index contributed by atoms with van der Waals surface area (Å²) in [6, 6.07) is 0. The van der Waals surface area contributed by atoms with E-state index in [1.807, 2.05) is 0 Å². The number of hydrogen-bond acceptors (Lipinski definition) is 1. The lowest BCUT2D eigenvalue weighted by atomic mass is 9.77. The van der Waals surface area contributed by atoms with Gasteiger partial charge in [0.05, 0.1) is 0 Å². The van der Waals surface area contributed by atoms with Crippen LogP contribution in [0.4, 0.5) is 0 Å². The van der Waals surface area contributed by atoms with Crippen LogP contribution in [0.25, 0.3) is 0 Å². The maximum atomic E-state index is 9.38. The molecular formula is C11H20O. The van der Waals surface area contributed by atoms with E-state index in [1.165, 1.54) is 38.5 Å². The standard InChI is InChI=1S/C11H20O/c1-9-7-11(9,8-12)10-5-3-2-4-6-10/h9-10,12H,2-8H2,1H3. The molecule has 0 heterocycles. The van der Waals surface area contributed by atoms with Gasteiger partial charge in [-0.3, -0.25) is 0 Å². The number of rotatable bonds is 2. The monoisotopic (exact) mass is 168 g/mol. The average Bonchev–Trinajstić information content (AvgIpc) is 2.80. The Labute approximate surface area is 75.2 Å². The first-order valence-corrected chi connectivity index (χ1v) is 5.40. The van der Waals surface area contributed by atoms with Gasteiger partial charge in [-0.15, -0.1) is 0 Å². The Kier molecular flexibility index (Phi) is 2.16. The van der Waals surface area contributed by atoms with Gasteiger partial charge in [0.25, 0.3) is 0 Å². The molecule has 2 fully saturated rings. The molecule has 0 saturated heterocycles. The fourth-order valence-corrected chi connectivity index (χ4v) is 3.11. The van der Waals surface area contributed by atoms with Crippen LogP contribution in [0.15, 0.2) is 0 Å². The zero-order valence-corrected chi connectivity index (χ0v) is 8.05. The molecule has 2 aliphatic rings. The summed E-state index contributed by atoms with van der Waals surface area (Å²) < 4.78 is 0. The van der Waals surface area contributed by atoms with Gasteiger partial charge >= 0.3 is 0 Å². The first kappa shape index (κ1) is 8.55. The van der Waals surface area contributed by atoms with Crippen molar-refractivity contribution in [1.29, 1.82) is 0 Å². The maximum Gasteiger partial charge on any atom is 0.0492 e. The van der Waals surface area contributed by atoms with Crippen LogP contribution in [0.2, 0.25) is 0 Å². The predicted molar refractivity (Wildman–Crippen MR) is 49.9 cm³/mol. The van der Waals surface area contributed by atoms with Crippen molar-refractivity contribution in [3.63, 3.8) is 0 Å². The van der Waals surface area contributed by atoms with Crippen LogP contribution in [-0.2, 0) is 0 Å². The van der Waals surface area contributed by atoms with Gasteiger partial charge in [-0.25, -0.2) is 0 Å². The van der Waals surface area contributed by atoms with E-state index in [9.17, 15) is 5.11 Å². The molecule has 12 heavy (non-hydrogen) atoms. The minimum absolute atomic E-state index is 0.375. The molecule has 1 N–H and O–H groups in total. The van der Waals surface area contributed by atoms with E-state index in [4.69, 9.17) is 0 Å². The number of aliphatic hydroxyl groups excluding tert-OH is 1. The maximum absolute atomic E-state index is 9.38. The summed E-state index contributed by atoms with van der Waals surface area (Å²) in [5.74, 6) is 1.65. The Morgan fingerprint density at radius 2 is 1.83 bits per heavy atom. The van der Waals surface area contributed by atoms with Gasteiger partial charge in [0, 0.05) is 6.61 Å². The van der Waals surface area contributed by atoms with Gasteiger partial charge < -0.3 is 5.11 Å². The fraction of sp³-hybridized carbons (Fsp3) is 1.00. The lowest BCUT2D eigenvalue weighted by Crippen LogP contribution is -2.24. The summed E-state index contributed by atoms with van der Waals surface area (Å²) >= 11 is 0. The van der Waals surface area contributed by atoms with Crippen LogP contribution in [-0.4, -0.2) is 11.7 Å². The van der Waals surface area contributed by atoms with Crippen molar-refractivity contribution in [1.82, 2.24) is 0 Å². The summed E-state index contributed by atoms with van der Waals surface area (Å²) in [4.78, 5) is 0. The summed E-state index contributed by atoms with van der Waals surface area (Å²) in [5.41, 5.74) is 0.375. The highest BCUT2D eigenvalue weighted by Gasteiger charge is 2.55. The largest absolute Gasteiger partial charge is 0.396 e. The van der Waals surface area contributed by atoms with Gasteiger partial charge in [-0.05, 0) is 36.5 Å². The fourth-order valence-electron chi connectivity index (χ4n) is 3.11. The van der Waals surface area contributed by atoms with Gasteiger partial charge in [0.2, 0.25) is 0 Å². The summed E-state index contributed by atoms with van der Waals surface area (Å²) in [7, 11) is 0. The van der Waals surface area contributed by atoms with E-state index >= 15 is 0 Å². The molecule has 2 unspecified atom stereocenters. The Bertz CT molecular complexity index is 156. The molecule has 0 aliphatic heterocycles. The highest BCUT2D eigenvalue weighted by Crippen LogP contribution is 2.60. The van der Waals surface area contributed by atoms with E-state index in [1.54, 1.807) is 0 Å². The molecule has 1 nitrogen and oxygen atoms in total. The summed E-state index contributed by atoms with van der Waals surface area (Å²) in [5, 5.41) is 9.38. The second-order valence-corrected chi connectivity index (χ2v) is 4.83. The van der Waals surface area contributed by atoms with E-state index in [2.05, 4.69) is 6.92 Å². The van der Waals surface area contributed by atoms with Crippen LogP contribution in [0, 0.1) is 17.3 Å². The van der Waals surface area contributed by atoms with Crippen molar-refractivity contribution in [3.05, 3.63) is 0 Å². The molecule has 1 heteroatoms. The highest BCUT2D eigenvalue weighted by atomic mass is 16.3. The number of aliphatic hydroxyl groups is 1. The normalized spacial score (nSPS) is 43.0. The Hall–Kier alpha value is -0.0400. The SMILES string of the molecule is CC1CC1(CO)C1CCCCC1. The lowest BCUT2D eigenvalue weighted by Gasteiger charge is -2.29. The molecule has 70 valence electrons. The third kappa shape index (κ3) is 1.19. The van der Waals surface area contributed by atoms with Crippen molar-refractivity contribution in [2.45, 2.75) is 45.4 Å². The Morgan fingerprint density at radius 3 is 2.25 bits per heavy atom. The van der Waals surface area contributed by atoms with Crippen LogP contribution >= 0.6 is 0 Å². The van der Waals surface area contributed by atoms with E-state index < -0.39 is 0 Å². The molecule has 0 radical (unpaired) electrons. The van der Waals surface area contributed by atoms with Crippen LogP contribution in [0.1, 0.15) is 45.4 Å². The smallest absolute Gasteiger partial charge is 0.0492 e. The van der Waals surface area contributed by atoms with Gasteiger partial charge in [-0.2, -0.15) is 0 Å². The van der Waals surface area contributed by atoms with E-state index in [0.717, 1.165) is 11.8 Å². The van der Waals surface area contributed by atoms with Gasteiger partial charge in [-0.1, -0.05) is 26.2 Å². The molecule has 2 rings (SSSR count). The number of hydrogen-bond donors (Lipinski definition) is 1. The molecule has 0 bridgehead atoms. The average molecular weight is 168 g/mol.